The monoisotopic (exact) mass is 214 g/mol. The van der Waals surface area contributed by atoms with Crippen LogP contribution < -0.4 is 11.1 Å². The summed E-state index contributed by atoms with van der Waals surface area (Å²) in [4.78, 5) is 11.3. The van der Waals surface area contributed by atoms with Gasteiger partial charge in [0.1, 0.15) is 11.6 Å². The third kappa shape index (κ3) is 2.99. The second-order valence-corrected chi connectivity index (χ2v) is 3.25. The van der Waals surface area contributed by atoms with E-state index in [0.717, 1.165) is 6.07 Å². The lowest BCUT2D eigenvalue weighted by atomic mass is 10.1. The number of amides is 1. The molecule has 82 valence electrons. The average Bonchev–Trinajstić information content (AvgIpc) is 2.20. The first-order valence-electron chi connectivity index (χ1n) is 4.50. The quantitative estimate of drug-likeness (QED) is 0.801. The molecule has 1 amide bonds. The fourth-order valence-electron chi connectivity index (χ4n) is 0.954. The summed E-state index contributed by atoms with van der Waals surface area (Å²) in [5, 5.41) is 2.33. The van der Waals surface area contributed by atoms with Crippen molar-refractivity contribution in [1.82, 2.24) is 0 Å². The first kappa shape index (κ1) is 11.6. The van der Waals surface area contributed by atoms with E-state index < -0.39 is 17.6 Å². The van der Waals surface area contributed by atoms with Crippen molar-refractivity contribution in [2.75, 3.05) is 11.9 Å². The highest BCUT2D eigenvalue weighted by Gasteiger charge is 2.13. The molecule has 0 aliphatic rings. The van der Waals surface area contributed by atoms with E-state index in [-0.39, 0.29) is 18.1 Å². The summed E-state index contributed by atoms with van der Waals surface area (Å²) in [6.45, 7) is 1.80. The summed E-state index contributed by atoms with van der Waals surface area (Å²) in [6, 6.07) is 2.96. The molecule has 1 aromatic rings. The molecule has 1 unspecified atom stereocenters. The number of rotatable bonds is 3. The highest BCUT2D eigenvalue weighted by atomic mass is 19.1. The van der Waals surface area contributed by atoms with Gasteiger partial charge in [-0.15, -0.1) is 0 Å². The molecule has 5 heteroatoms. The lowest BCUT2D eigenvalue weighted by Gasteiger charge is -2.10. The molecule has 0 aromatic heterocycles. The number of carbonyl (C=O) groups excluding carboxylic acids is 1. The lowest BCUT2D eigenvalue weighted by Crippen LogP contribution is -2.27. The number of anilines is 1. The van der Waals surface area contributed by atoms with Gasteiger partial charge in [-0.2, -0.15) is 0 Å². The highest BCUT2D eigenvalue weighted by Crippen LogP contribution is 2.15. The van der Waals surface area contributed by atoms with Crippen molar-refractivity contribution in [1.29, 1.82) is 0 Å². The van der Waals surface area contributed by atoms with Crippen molar-refractivity contribution < 1.29 is 13.6 Å². The predicted octanol–water partition coefficient (Wildman–Crippen LogP) is 1.50. The van der Waals surface area contributed by atoms with Crippen LogP contribution in [0.3, 0.4) is 0 Å². The molecule has 3 nitrogen and oxygen atoms in total. The Morgan fingerprint density at radius 2 is 2.20 bits per heavy atom. The maximum absolute atomic E-state index is 13.1. The number of halogens is 2. The van der Waals surface area contributed by atoms with E-state index in [1.165, 1.54) is 6.07 Å². The minimum absolute atomic E-state index is 0.0401. The van der Waals surface area contributed by atoms with E-state index in [0.29, 0.717) is 6.07 Å². The summed E-state index contributed by atoms with van der Waals surface area (Å²) in [7, 11) is 0. The molecule has 0 spiro atoms. The van der Waals surface area contributed by atoms with Gasteiger partial charge in [0.25, 0.3) is 0 Å². The first-order chi connectivity index (χ1) is 7.04. The molecule has 0 bridgehead atoms. The minimum Gasteiger partial charge on any atom is -0.330 e. The molecule has 15 heavy (non-hydrogen) atoms. The van der Waals surface area contributed by atoms with Crippen LogP contribution in [0.5, 0.6) is 0 Å². The van der Waals surface area contributed by atoms with Gasteiger partial charge in [0.05, 0.1) is 5.69 Å². The molecule has 0 saturated carbocycles. The van der Waals surface area contributed by atoms with Crippen LogP contribution in [0.4, 0.5) is 14.5 Å². The van der Waals surface area contributed by atoms with Crippen LogP contribution in [0.25, 0.3) is 0 Å². The number of nitrogens with one attached hydrogen (secondary N) is 1. The Morgan fingerprint density at radius 3 is 2.73 bits per heavy atom. The summed E-state index contributed by atoms with van der Waals surface area (Å²) >= 11 is 0. The van der Waals surface area contributed by atoms with Gasteiger partial charge in [-0.3, -0.25) is 4.79 Å². The van der Waals surface area contributed by atoms with Gasteiger partial charge in [0.15, 0.2) is 0 Å². The molecule has 0 saturated heterocycles. The summed E-state index contributed by atoms with van der Waals surface area (Å²) in [5.41, 5.74) is 5.23. The van der Waals surface area contributed by atoms with Crippen molar-refractivity contribution in [3.63, 3.8) is 0 Å². The zero-order valence-electron chi connectivity index (χ0n) is 8.26. The van der Waals surface area contributed by atoms with Gasteiger partial charge in [0.2, 0.25) is 5.91 Å². The molecular weight excluding hydrogens is 202 g/mol. The Balaban J connectivity index is 2.77. The lowest BCUT2D eigenvalue weighted by molar-refractivity contribution is -0.119. The molecule has 0 radical (unpaired) electrons. The third-order valence-electron chi connectivity index (χ3n) is 1.99. The van der Waals surface area contributed by atoms with Crippen LogP contribution in [-0.2, 0) is 4.79 Å². The number of carbonyl (C=O) groups is 1. The molecule has 1 atom stereocenters. The van der Waals surface area contributed by atoms with E-state index >= 15 is 0 Å². The number of hydrogen-bond donors (Lipinski definition) is 2. The van der Waals surface area contributed by atoms with E-state index in [9.17, 15) is 13.6 Å². The Kier molecular flexibility index (Phi) is 3.74. The maximum atomic E-state index is 13.1. The topological polar surface area (TPSA) is 55.1 Å². The van der Waals surface area contributed by atoms with Gasteiger partial charge >= 0.3 is 0 Å². The fourth-order valence-corrected chi connectivity index (χ4v) is 0.954. The van der Waals surface area contributed by atoms with Crippen LogP contribution >= 0.6 is 0 Å². The number of nitrogens with two attached hydrogens (primary N) is 1. The summed E-state index contributed by atoms with van der Waals surface area (Å²) < 4.78 is 25.6. The molecular formula is C10H12F2N2O. The molecule has 3 N–H and O–H groups in total. The van der Waals surface area contributed by atoms with Crippen LogP contribution in [0, 0.1) is 17.6 Å². The third-order valence-corrected chi connectivity index (χ3v) is 1.99. The second kappa shape index (κ2) is 4.84. The van der Waals surface area contributed by atoms with Crippen LogP contribution in [0.2, 0.25) is 0 Å². The van der Waals surface area contributed by atoms with E-state index in [1.807, 2.05) is 0 Å². The molecule has 0 aliphatic carbocycles. The van der Waals surface area contributed by atoms with Crippen LogP contribution in [0.1, 0.15) is 6.92 Å². The summed E-state index contributed by atoms with van der Waals surface area (Å²) in [6.07, 6.45) is 0. The van der Waals surface area contributed by atoms with Crippen molar-refractivity contribution >= 4 is 11.6 Å². The van der Waals surface area contributed by atoms with Crippen LogP contribution in [0.15, 0.2) is 18.2 Å². The molecule has 0 heterocycles. The normalized spacial score (nSPS) is 12.3. The summed E-state index contributed by atoms with van der Waals surface area (Å²) in [5.74, 6) is -2.28. The molecule has 0 fully saturated rings. The highest BCUT2D eigenvalue weighted by molar-refractivity contribution is 5.92. The van der Waals surface area contributed by atoms with Gasteiger partial charge < -0.3 is 11.1 Å². The van der Waals surface area contributed by atoms with Crippen molar-refractivity contribution in [3.8, 4) is 0 Å². The minimum atomic E-state index is -0.799. The predicted molar refractivity (Wildman–Crippen MR) is 53.2 cm³/mol. The van der Waals surface area contributed by atoms with E-state index in [4.69, 9.17) is 5.73 Å². The van der Waals surface area contributed by atoms with Crippen LogP contribution in [-0.4, -0.2) is 12.5 Å². The van der Waals surface area contributed by atoms with Gasteiger partial charge in [-0.05, 0) is 12.1 Å². The first-order valence-corrected chi connectivity index (χ1v) is 4.50. The largest absolute Gasteiger partial charge is 0.330 e. The standard InChI is InChI=1S/C10H12F2N2O/c1-6(5-13)10(15)14-9-3-2-7(11)4-8(9)12/h2-4,6H,5,13H2,1H3,(H,14,15). The zero-order valence-corrected chi connectivity index (χ0v) is 8.26. The number of benzene rings is 1. The Hall–Kier alpha value is -1.49. The average molecular weight is 214 g/mol. The Bertz CT molecular complexity index is 368. The Labute approximate surface area is 86.3 Å². The smallest absolute Gasteiger partial charge is 0.228 e. The maximum Gasteiger partial charge on any atom is 0.228 e. The second-order valence-electron chi connectivity index (χ2n) is 3.25. The van der Waals surface area contributed by atoms with Crippen molar-refractivity contribution in [3.05, 3.63) is 29.8 Å². The zero-order chi connectivity index (χ0) is 11.4. The number of hydrogen-bond acceptors (Lipinski definition) is 2. The van der Waals surface area contributed by atoms with E-state index in [1.54, 1.807) is 6.92 Å². The Morgan fingerprint density at radius 1 is 1.53 bits per heavy atom. The molecule has 0 aliphatic heterocycles. The molecule has 1 rings (SSSR count). The van der Waals surface area contributed by atoms with Crippen molar-refractivity contribution in [2.45, 2.75) is 6.92 Å². The van der Waals surface area contributed by atoms with E-state index in [2.05, 4.69) is 5.32 Å². The van der Waals surface area contributed by atoms with Crippen molar-refractivity contribution in [2.24, 2.45) is 11.7 Å². The van der Waals surface area contributed by atoms with Gasteiger partial charge in [-0.1, -0.05) is 6.92 Å². The SMILES string of the molecule is CC(CN)C(=O)Nc1ccc(F)cc1F. The fraction of sp³-hybridized carbons (Fsp3) is 0.300. The van der Waals surface area contributed by atoms with Gasteiger partial charge in [-0.25, -0.2) is 8.78 Å². The molecule has 1 aromatic carbocycles. The van der Waals surface area contributed by atoms with Gasteiger partial charge in [0, 0.05) is 18.5 Å².